The fourth-order valence-corrected chi connectivity index (χ4v) is 4.41. The molecule has 1 amide bonds. The van der Waals surface area contributed by atoms with Crippen molar-refractivity contribution in [3.63, 3.8) is 0 Å². The topological polar surface area (TPSA) is 76.6 Å². The van der Waals surface area contributed by atoms with Crippen LogP contribution in [0.3, 0.4) is 0 Å². The lowest BCUT2D eigenvalue weighted by Gasteiger charge is -2.22. The summed E-state index contributed by atoms with van der Waals surface area (Å²) >= 11 is 12.5. The summed E-state index contributed by atoms with van der Waals surface area (Å²) in [6.07, 6.45) is 0.695. The van der Waals surface area contributed by atoms with Crippen LogP contribution in [0, 0.1) is 0 Å². The average molecular weight is 495 g/mol. The predicted octanol–water partition coefficient (Wildman–Crippen LogP) is 5.62. The molecule has 3 rings (SSSR count). The number of benzene rings is 1. The highest BCUT2D eigenvalue weighted by atomic mass is 35.5. The van der Waals surface area contributed by atoms with Crippen molar-refractivity contribution in [2.45, 2.75) is 65.7 Å². The Morgan fingerprint density at radius 1 is 1.15 bits per heavy atom. The smallest absolute Gasteiger partial charge is 0.410 e. The zero-order valence-electron chi connectivity index (χ0n) is 19.8. The van der Waals surface area contributed by atoms with Crippen LogP contribution < -0.4 is 5.32 Å². The number of aromatic nitrogens is 2. The Labute approximate surface area is 205 Å². The van der Waals surface area contributed by atoms with E-state index in [1.807, 2.05) is 40.7 Å². The number of likely N-dealkylation sites (tertiary alicyclic amines) is 1. The molecule has 33 heavy (non-hydrogen) atoms. The van der Waals surface area contributed by atoms with Gasteiger partial charge in [-0.15, -0.1) is 0 Å². The Bertz CT molecular complexity index is 986. The van der Waals surface area contributed by atoms with Crippen molar-refractivity contribution in [1.29, 1.82) is 0 Å². The lowest BCUT2D eigenvalue weighted by atomic mass is 10.1. The Balaban J connectivity index is 1.91. The molecule has 1 aromatic carbocycles. The van der Waals surface area contributed by atoms with Gasteiger partial charge in [0.25, 0.3) is 0 Å². The Kier molecular flexibility index (Phi) is 8.79. The van der Waals surface area contributed by atoms with Crippen molar-refractivity contribution in [1.82, 2.24) is 14.9 Å². The second-order valence-electron chi connectivity index (χ2n) is 8.23. The number of amides is 1. The van der Waals surface area contributed by atoms with Crippen LogP contribution in [0.25, 0.3) is 11.3 Å². The van der Waals surface area contributed by atoms with E-state index in [0.717, 1.165) is 22.6 Å². The monoisotopic (exact) mass is 494 g/mol. The number of rotatable bonds is 8. The molecule has 0 aliphatic carbocycles. The third kappa shape index (κ3) is 6.08. The molecule has 2 heterocycles. The third-order valence-corrected chi connectivity index (χ3v) is 6.01. The van der Waals surface area contributed by atoms with E-state index < -0.39 is 0 Å². The molecule has 1 N–H and O–H groups in total. The molecular weight excluding hydrogens is 463 g/mol. The van der Waals surface area contributed by atoms with E-state index in [0.29, 0.717) is 48.4 Å². The van der Waals surface area contributed by atoms with Crippen LogP contribution in [-0.4, -0.2) is 58.9 Å². The van der Waals surface area contributed by atoms with Crippen molar-refractivity contribution >= 4 is 35.1 Å². The number of hydrogen-bond acceptors (Lipinski definition) is 6. The van der Waals surface area contributed by atoms with Gasteiger partial charge >= 0.3 is 6.09 Å². The molecule has 0 bridgehead atoms. The highest BCUT2D eigenvalue weighted by molar-refractivity contribution is 6.36. The zero-order chi connectivity index (χ0) is 24.1. The summed E-state index contributed by atoms with van der Waals surface area (Å²) in [5.74, 6) is 0.706. The molecule has 180 valence electrons. The highest BCUT2D eigenvalue weighted by Gasteiger charge is 2.37. The first-order valence-electron chi connectivity index (χ1n) is 11.5. The van der Waals surface area contributed by atoms with Crippen LogP contribution in [0.1, 0.15) is 46.0 Å². The number of halogens is 2. The van der Waals surface area contributed by atoms with Crippen LogP contribution in [0.4, 0.5) is 10.6 Å². The molecule has 0 radical (unpaired) electrons. The van der Waals surface area contributed by atoms with Gasteiger partial charge in [0.05, 0.1) is 46.9 Å². The molecule has 0 saturated carbocycles. The number of ether oxygens (including phenoxy) is 2. The SMILES string of the molecule is CCO[C@@H]1CN(C(=O)OC(C)C)C[C@@H]1Nc1nc(CC)c(-c2ccc(Cl)cc2Cl)nc1CC. The average Bonchev–Trinajstić information content (AvgIpc) is 3.16. The van der Waals surface area contributed by atoms with Gasteiger partial charge in [0.15, 0.2) is 0 Å². The second-order valence-corrected chi connectivity index (χ2v) is 9.07. The number of carbonyl (C=O) groups is 1. The van der Waals surface area contributed by atoms with Crippen molar-refractivity contribution < 1.29 is 14.3 Å². The maximum atomic E-state index is 12.5. The Morgan fingerprint density at radius 3 is 2.48 bits per heavy atom. The molecule has 0 spiro atoms. The van der Waals surface area contributed by atoms with Gasteiger partial charge in [-0.1, -0.05) is 37.0 Å². The van der Waals surface area contributed by atoms with Crippen LogP contribution in [0.5, 0.6) is 0 Å². The minimum atomic E-state index is -0.331. The highest BCUT2D eigenvalue weighted by Crippen LogP contribution is 2.33. The minimum absolute atomic E-state index is 0.126. The van der Waals surface area contributed by atoms with E-state index in [4.69, 9.17) is 42.6 Å². The Morgan fingerprint density at radius 2 is 1.88 bits per heavy atom. The van der Waals surface area contributed by atoms with Gasteiger partial charge in [0.2, 0.25) is 0 Å². The third-order valence-electron chi connectivity index (χ3n) is 5.46. The first kappa shape index (κ1) is 25.5. The molecule has 1 fully saturated rings. The summed E-state index contributed by atoms with van der Waals surface area (Å²) in [4.78, 5) is 24.0. The first-order chi connectivity index (χ1) is 15.8. The molecule has 9 heteroatoms. The van der Waals surface area contributed by atoms with Gasteiger partial charge < -0.3 is 19.7 Å². The molecule has 2 aromatic rings. The standard InChI is InChI=1S/C24H32Cl2N4O3/c1-6-18-22(16-10-9-15(25)11-17(16)26)27-19(7-2)23(28-18)29-20-12-30(13-21(20)32-8-3)24(31)33-14(4)5/h9-11,14,20-21H,6-8,12-13H2,1-5H3,(H,28,29)/t20-,21+/m0/s1. The van der Waals surface area contributed by atoms with Crippen molar-refractivity contribution in [2.75, 3.05) is 25.0 Å². The number of nitrogens with one attached hydrogen (secondary N) is 1. The number of hydrogen-bond donors (Lipinski definition) is 1. The summed E-state index contributed by atoms with van der Waals surface area (Å²) in [6, 6.07) is 5.27. The normalized spacial score (nSPS) is 18.1. The molecule has 1 aliphatic rings. The van der Waals surface area contributed by atoms with Gasteiger partial charge in [-0.05, 0) is 51.8 Å². The van der Waals surface area contributed by atoms with E-state index in [1.165, 1.54) is 0 Å². The van der Waals surface area contributed by atoms with Gasteiger partial charge in [0, 0.05) is 23.7 Å². The molecular formula is C24H32Cl2N4O3. The Hall–Kier alpha value is -2.09. The van der Waals surface area contributed by atoms with Crippen molar-refractivity contribution in [3.8, 4) is 11.3 Å². The fraction of sp³-hybridized carbons (Fsp3) is 0.542. The zero-order valence-corrected chi connectivity index (χ0v) is 21.3. The second kappa shape index (κ2) is 11.4. The molecule has 7 nitrogen and oxygen atoms in total. The molecule has 0 unspecified atom stereocenters. The minimum Gasteiger partial charge on any atom is -0.447 e. The van der Waals surface area contributed by atoms with Gasteiger partial charge in [-0.25, -0.2) is 14.8 Å². The predicted molar refractivity (Wildman–Crippen MR) is 132 cm³/mol. The van der Waals surface area contributed by atoms with Gasteiger partial charge in [0.1, 0.15) is 5.82 Å². The van der Waals surface area contributed by atoms with E-state index in [1.54, 1.807) is 17.0 Å². The summed E-state index contributed by atoms with van der Waals surface area (Å²) < 4.78 is 11.3. The lowest BCUT2D eigenvalue weighted by molar-refractivity contribution is 0.0535. The number of nitrogens with zero attached hydrogens (tertiary/aromatic N) is 3. The maximum Gasteiger partial charge on any atom is 0.410 e. The van der Waals surface area contributed by atoms with E-state index in [-0.39, 0.29) is 24.3 Å². The van der Waals surface area contributed by atoms with E-state index >= 15 is 0 Å². The molecule has 2 atom stereocenters. The van der Waals surface area contributed by atoms with Gasteiger partial charge in [-0.2, -0.15) is 0 Å². The maximum absolute atomic E-state index is 12.5. The van der Waals surface area contributed by atoms with Crippen molar-refractivity contribution in [2.24, 2.45) is 0 Å². The fourth-order valence-electron chi connectivity index (χ4n) is 3.91. The van der Waals surface area contributed by atoms with E-state index in [2.05, 4.69) is 5.32 Å². The number of anilines is 1. The number of aryl methyl sites for hydroxylation is 2. The molecule has 1 saturated heterocycles. The molecule has 1 aromatic heterocycles. The quantitative estimate of drug-likeness (QED) is 0.512. The van der Waals surface area contributed by atoms with Crippen LogP contribution in [-0.2, 0) is 22.3 Å². The summed E-state index contributed by atoms with van der Waals surface area (Å²) in [6.45, 7) is 11.2. The first-order valence-corrected chi connectivity index (χ1v) is 12.2. The van der Waals surface area contributed by atoms with Crippen molar-refractivity contribution in [3.05, 3.63) is 39.6 Å². The largest absolute Gasteiger partial charge is 0.447 e. The van der Waals surface area contributed by atoms with E-state index in [9.17, 15) is 4.79 Å². The van der Waals surface area contributed by atoms with Crippen LogP contribution in [0.15, 0.2) is 18.2 Å². The number of carbonyl (C=O) groups excluding carboxylic acids is 1. The lowest BCUT2D eigenvalue weighted by Crippen LogP contribution is -2.35. The molecule has 1 aliphatic heterocycles. The summed E-state index contributed by atoms with van der Waals surface area (Å²) in [5, 5.41) is 4.63. The van der Waals surface area contributed by atoms with Gasteiger partial charge in [-0.3, -0.25) is 0 Å². The summed E-state index contributed by atoms with van der Waals surface area (Å²) in [5.41, 5.74) is 3.23. The van der Waals surface area contributed by atoms with Crippen LogP contribution in [0.2, 0.25) is 10.0 Å². The summed E-state index contributed by atoms with van der Waals surface area (Å²) in [7, 11) is 0. The van der Waals surface area contributed by atoms with Crippen LogP contribution >= 0.6 is 23.2 Å².